The molecule has 4 heteroatoms. The van der Waals surface area contributed by atoms with E-state index in [4.69, 9.17) is 5.73 Å². The first-order chi connectivity index (χ1) is 6.68. The van der Waals surface area contributed by atoms with E-state index in [2.05, 4.69) is 20.9 Å². The molecule has 14 heavy (non-hydrogen) atoms. The molecule has 0 saturated heterocycles. The maximum Gasteiger partial charge on any atom is 0.0776 e. The number of nitrogens with two attached hydrogens (primary N) is 1. The molecule has 0 bridgehead atoms. The molecule has 1 aliphatic carbocycles. The monoisotopic (exact) mass is 256 g/mol. The number of halogens is 1. The minimum absolute atomic E-state index is 0.351. The van der Waals surface area contributed by atoms with Crippen molar-refractivity contribution in [3.8, 4) is 0 Å². The molecule has 2 atom stereocenters. The van der Waals surface area contributed by atoms with Crippen LogP contribution in [0, 0.1) is 5.92 Å². The van der Waals surface area contributed by atoms with Crippen molar-refractivity contribution in [2.45, 2.75) is 25.0 Å². The Kier molecular flexibility index (Phi) is 2.85. The van der Waals surface area contributed by atoms with Crippen LogP contribution < -0.4 is 5.73 Å². The van der Waals surface area contributed by atoms with Crippen molar-refractivity contribution in [2.75, 3.05) is 0 Å². The van der Waals surface area contributed by atoms with Crippen molar-refractivity contribution in [2.24, 2.45) is 11.7 Å². The second kappa shape index (κ2) is 3.96. The first-order valence-corrected chi connectivity index (χ1v) is 5.53. The third-order valence-corrected chi connectivity index (χ3v) is 3.03. The Morgan fingerprint density at radius 2 is 2.21 bits per heavy atom. The minimum Gasteiger partial charge on any atom is -0.391 e. The van der Waals surface area contributed by atoms with Crippen LogP contribution >= 0.6 is 15.9 Å². The summed E-state index contributed by atoms with van der Waals surface area (Å²) in [5.74, 6) is 0.385. The molecule has 1 aromatic heterocycles. The van der Waals surface area contributed by atoms with Crippen LogP contribution in [0.25, 0.3) is 0 Å². The lowest BCUT2D eigenvalue weighted by Gasteiger charge is -2.17. The SMILES string of the molecule is N[C@@H](c1ccc(Br)cn1)[C@H](O)C1CC1. The van der Waals surface area contributed by atoms with Crippen LogP contribution in [0.2, 0.25) is 0 Å². The van der Waals surface area contributed by atoms with Gasteiger partial charge in [-0.15, -0.1) is 0 Å². The first kappa shape index (κ1) is 10.1. The van der Waals surface area contributed by atoms with Crippen LogP contribution in [-0.4, -0.2) is 16.2 Å². The third-order valence-electron chi connectivity index (χ3n) is 2.56. The Labute approximate surface area is 91.5 Å². The van der Waals surface area contributed by atoms with Gasteiger partial charge in [-0.05, 0) is 46.8 Å². The predicted molar refractivity (Wildman–Crippen MR) is 57.6 cm³/mol. The zero-order chi connectivity index (χ0) is 10.1. The molecule has 1 heterocycles. The van der Waals surface area contributed by atoms with E-state index in [9.17, 15) is 5.11 Å². The van der Waals surface area contributed by atoms with Gasteiger partial charge in [0.2, 0.25) is 0 Å². The van der Waals surface area contributed by atoms with Crippen molar-refractivity contribution in [3.05, 3.63) is 28.5 Å². The molecule has 0 spiro atoms. The quantitative estimate of drug-likeness (QED) is 0.864. The van der Waals surface area contributed by atoms with Gasteiger partial charge in [-0.25, -0.2) is 0 Å². The molecule has 1 aromatic rings. The number of aliphatic hydroxyl groups excluding tert-OH is 1. The summed E-state index contributed by atoms with van der Waals surface area (Å²) in [6, 6.07) is 3.39. The summed E-state index contributed by atoms with van der Waals surface area (Å²) < 4.78 is 0.925. The summed E-state index contributed by atoms with van der Waals surface area (Å²) in [5.41, 5.74) is 6.66. The Morgan fingerprint density at radius 3 is 2.71 bits per heavy atom. The average Bonchev–Trinajstić information content (AvgIpc) is 3.00. The highest BCUT2D eigenvalue weighted by Gasteiger charge is 2.34. The lowest BCUT2D eigenvalue weighted by molar-refractivity contribution is 0.121. The molecule has 76 valence electrons. The van der Waals surface area contributed by atoms with Crippen LogP contribution in [0.15, 0.2) is 22.8 Å². The van der Waals surface area contributed by atoms with Crippen LogP contribution in [0.5, 0.6) is 0 Å². The molecule has 3 N–H and O–H groups in total. The van der Waals surface area contributed by atoms with Crippen LogP contribution in [0.4, 0.5) is 0 Å². The minimum atomic E-state index is -0.441. The van der Waals surface area contributed by atoms with Gasteiger partial charge in [-0.1, -0.05) is 0 Å². The molecular formula is C10H13BrN2O. The van der Waals surface area contributed by atoms with Gasteiger partial charge in [0.25, 0.3) is 0 Å². The van der Waals surface area contributed by atoms with E-state index in [-0.39, 0.29) is 6.04 Å². The van der Waals surface area contributed by atoms with Crippen molar-refractivity contribution in [1.82, 2.24) is 4.98 Å². The molecule has 0 amide bonds. The Bertz CT molecular complexity index is 310. The van der Waals surface area contributed by atoms with E-state index in [0.717, 1.165) is 23.0 Å². The Morgan fingerprint density at radius 1 is 1.50 bits per heavy atom. The van der Waals surface area contributed by atoms with Crippen LogP contribution in [0.3, 0.4) is 0 Å². The van der Waals surface area contributed by atoms with Crippen molar-refractivity contribution >= 4 is 15.9 Å². The summed E-state index contributed by atoms with van der Waals surface area (Å²) in [5, 5.41) is 9.80. The number of pyridine rings is 1. The Balaban J connectivity index is 2.09. The van der Waals surface area contributed by atoms with E-state index in [1.807, 2.05) is 12.1 Å². The number of hydrogen-bond donors (Lipinski definition) is 2. The second-order valence-electron chi connectivity index (χ2n) is 3.76. The van der Waals surface area contributed by atoms with E-state index in [1.54, 1.807) is 6.20 Å². The molecule has 1 fully saturated rings. The summed E-state index contributed by atoms with van der Waals surface area (Å²) in [7, 11) is 0. The van der Waals surface area contributed by atoms with Gasteiger partial charge in [0.15, 0.2) is 0 Å². The molecule has 0 radical (unpaired) electrons. The molecule has 1 aliphatic rings. The maximum absolute atomic E-state index is 9.80. The molecule has 3 nitrogen and oxygen atoms in total. The largest absolute Gasteiger partial charge is 0.391 e. The summed E-state index contributed by atoms with van der Waals surface area (Å²) >= 11 is 3.31. The van der Waals surface area contributed by atoms with Gasteiger partial charge < -0.3 is 10.8 Å². The van der Waals surface area contributed by atoms with Gasteiger partial charge in [0, 0.05) is 10.7 Å². The fraction of sp³-hybridized carbons (Fsp3) is 0.500. The number of hydrogen-bond acceptors (Lipinski definition) is 3. The van der Waals surface area contributed by atoms with E-state index in [0.29, 0.717) is 5.92 Å². The first-order valence-electron chi connectivity index (χ1n) is 4.73. The van der Waals surface area contributed by atoms with Gasteiger partial charge in [-0.3, -0.25) is 4.98 Å². The maximum atomic E-state index is 9.80. The number of rotatable bonds is 3. The number of aliphatic hydroxyl groups is 1. The standard InChI is InChI=1S/C10H13BrN2O/c11-7-3-4-8(13-5-7)9(12)10(14)6-1-2-6/h3-6,9-10,14H,1-2,12H2/t9-,10+/m0/s1. The molecule has 1 saturated carbocycles. The zero-order valence-electron chi connectivity index (χ0n) is 7.73. The highest BCUT2D eigenvalue weighted by Crippen LogP contribution is 2.36. The average molecular weight is 257 g/mol. The third kappa shape index (κ3) is 2.13. The smallest absolute Gasteiger partial charge is 0.0776 e. The highest BCUT2D eigenvalue weighted by atomic mass is 79.9. The summed E-state index contributed by atoms with van der Waals surface area (Å²) in [6.07, 6.45) is 3.44. The summed E-state index contributed by atoms with van der Waals surface area (Å²) in [4.78, 5) is 4.18. The van der Waals surface area contributed by atoms with Crippen molar-refractivity contribution in [1.29, 1.82) is 0 Å². The lowest BCUT2D eigenvalue weighted by atomic mass is 10.0. The van der Waals surface area contributed by atoms with Crippen LogP contribution in [0.1, 0.15) is 24.6 Å². The van der Waals surface area contributed by atoms with E-state index >= 15 is 0 Å². The topological polar surface area (TPSA) is 59.1 Å². The van der Waals surface area contributed by atoms with Gasteiger partial charge >= 0.3 is 0 Å². The normalized spacial score (nSPS) is 20.5. The van der Waals surface area contributed by atoms with Crippen molar-refractivity contribution < 1.29 is 5.11 Å². The van der Waals surface area contributed by atoms with Gasteiger partial charge in [0.1, 0.15) is 0 Å². The predicted octanol–water partition coefficient (Wildman–Crippen LogP) is 1.61. The number of nitrogens with zero attached hydrogens (tertiary/aromatic N) is 1. The molecule has 0 aromatic carbocycles. The van der Waals surface area contributed by atoms with E-state index < -0.39 is 6.10 Å². The fourth-order valence-electron chi connectivity index (χ4n) is 1.49. The van der Waals surface area contributed by atoms with E-state index in [1.165, 1.54) is 0 Å². The van der Waals surface area contributed by atoms with Gasteiger partial charge in [-0.2, -0.15) is 0 Å². The second-order valence-corrected chi connectivity index (χ2v) is 4.67. The molecule has 0 aliphatic heterocycles. The zero-order valence-corrected chi connectivity index (χ0v) is 9.31. The van der Waals surface area contributed by atoms with Crippen molar-refractivity contribution in [3.63, 3.8) is 0 Å². The molecule has 2 rings (SSSR count). The lowest BCUT2D eigenvalue weighted by Crippen LogP contribution is -2.28. The molecular weight excluding hydrogens is 244 g/mol. The highest BCUT2D eigenvalue weighted by molar-refractivity contribution is 9.10. The summed E-state index contributed by atoms with van der Waals surface area (Å²) in [6.45, 7) is 0. The van der Waals surface area contributed by atoms with Gasteiger partial charge in [0.05, 0.1) is 17.8 Å². The Hall–Kier alpha value is -0.450. The molecule has 0 unspecified atom stereocenters. The van der Waals surface area contributed by atoms with Crippen LogP contribution in [-0.2, 0) is 0 Å². The number of aromatic nitrogens is 1. The fourth-order valence-corrected chi connectivity index (χ4v) is 1.72.